The highest BCUT2D eigenvalue weighted by Gasteiger charge is 2.32. The standard InChI is InChI=1S/C18H26N4O3S/c1-11-15(12(2)19-18-17(11)13(3)20-22(18)5)6-7-16(23)21(4)14-8-9-26(24,25)10-14/h14H,6-10H2,1-5H3/t14-/m1/s1. The van der Waals surface area contributed by atoms with Gasteiger partial charge in [-0.05, 0) is 44.7 Å². The first-order chi connectivity index (χ1) is 12.1. The van der Waals surface area contributed by atoms with Crippen LogP contribution in [0, 0.1) is 20.8 Å². The van der Waals surface area contributed by atoms with Crippen molar-refractivity contribution in [2.24, 2.45) is 7.05 Å². The van der Waals surface area contributed by atoms with Gasteiger partial charge in [-0.2, -0.15) is 5.10 Å². The fourth-order valence-corrected chi connectivity index (χ4v) is 5.70. The molecule has 2 aromatic heterocycles. The predicted octanol–water partition coefficient (Wildman–Crippen LogP) is 1.47. The Kier molecular flexibility index (Phi) is 4.81. The summed E-state index contributed by atoms with van der Waals surface area (Å²) in [5.74, 6) is 0.235. The van der Waals surface area contributed by atoms with Gasteiger partial charge in [0, 0.05) is 37.6 Å². The summed E-state index contributed by atoms with van der Waals surface area (Å²) in [4.78, 5) is 18.8. The van der Waals surface area contributed by atoms with Gasteiger partial charge in [0.1, 0.15) is 0 Å². The van der Waals surface area contributed by atoms with Crippen molar-refractivity contribution in [1.29, 1.82) is 0 Å². The Morgan fingerprint density at radius 1 is 1.27 bits per heavy atom. The molecule has 0 aliphatic carbocycles. The molecule has 8 heteroatoms. The van der Waals surface area contributed by atoms with Crippen molar-refractivity contribution in [3.63, 3.8) is 0 Å². The molecule has 0 unspecified atom stereocenters. The summed E-state index contributed by atoms with van der Waals surface area (Å²) in [6.45, 7) is 5.98. The average molecular weight is 378 g/mol. The molecule has 1 amide bonds. The first kappa shape index (κ1) is 18.8. The minimum Gasteiger partial charge on any atom is -0.342 e. The number of pyridine rings is 1. The molecule has 0 spiro atoms. The van der Waals surface area contributed by atoms with E-state index >= 15 is 0 Å². The van der Waals surface area contributed by atoms with Crippen molar-refractivity contribution < 1.29 is 13.2 Å². The Labute approximate surface area is 154 Å². The Morgan fingerprint density at radius 3 is 2.58 bits per heavy atom. The number of aromatic nitrogens is 3. The number of nitrogens with zero attached hydrogens (tertiary/aromatic N) is 4. The largest absolute Gasteiger partial charge is 0.342 e. The van der Waals surface area contributed by atoms with Crippen LogP contribution in [0.2, 0.25) is 0 Å². The van der Waals surface area contributed by atoms with Gasteiger partial charge < -0.3 is 4.90 Å². The molecule has 1 aliphatic rings. The molecule has 3 rings (SSSR count). The molecule has 0 N–H and O–H groups in total. The molecule has 0 aromatic carbocycles. The summed E-state index contributed by atoms with van der Waals surface area (Å²) < 4.78 is 25.1. The molecule has 1 fully saturated rings. The lowest BCUT2D eigenvalue weighted by molar-refractivity contribution is -0.131. The Balaban J connectivity index is 1.77. The van der Waals surface area contributed by atoms with E-state index in [9.17, 15) is 13.2 Å². The Hall–Kier alpha value is -1.96. The maximum atomic E-state index is 12.6. The number of aryl methyl sites for hydroxylation is 4. The lowest BCUT2D eigenvalue weighted by Crippen LogP contribution is -2.38. The zero-order valence-corrected chi connectivity index (χ0v) is 16.9. The second kappa shape index (κ2) is 6.64. The van der Waals surface area contributed by atoms with Crippen molar-refractivity contribution in [2.75, 3.05) is 18.6 Å². The fraction of sp³-hybridized carbons (Fsp3) is 0.611. The number of sulfone groups is 1. The van der Waals surface area contributed by atoms with Gasteiger partial charge in [-0.3, -0.25) is 9.48 Å². The normalized spacial score (nSPS) is 19.2. The van der Waals surface area contributed by atoms with Gasteiger partial charge in [-0.15, -0.1) is 0 Å². The van der Waals surface area contributed by atoms with E-state index in [1.165, 1.54) is 0 Å². The monoisotopic (exact) mass is 378 g/mol. The Bertz CT molecular complexity index is 978. The summed E-state index contributed by atoms with van der Waals surface area (Å²) in [6.07, 6.45) is 1.48. The molecule has 1 saturated heterocycles. The zero-order chi connectivity index (χ0) is 19.2. The average Bonchev–Trinajstić information content (AvgIpc) is 3.05. The van der Waals surface area contributed by atoms with E-state index in [1.807, 2.05) is 20.9 Å². The summed E-state index contributed by atoms with van der Waals surface area (Å²) in [5, 5.41) is 5.50. The first-order valence-electron chi connectivity index (χ1n) is 8.86. The van der Waals surface area contributed by atoms with Crippen LogP contribution in [-0.4, -0.2) is 58.6 Å². The second-order valence-electron chi connectivity index (χ2n) is 7.27. The van der Waals surface area contributed by atoms with Crippen LogP contribution in [-0.2, 0) is 28.1 Å². The molecule has 0 radical (unpaired) electrons. The van der Waals surface area contributed by atoms with E-state index in [0.717, 1.165) is 33.5 Å². The van der Waals surface area contributed by atoms with Crippen molar-refractivity contribution in [3.8, 4) is 0 Å². The van der Waals surface area contributed by atoms with Crippen LogP contribution >= 0.6 is 0 Å². The van der Waals surface area contributed by atoms with E-state index < -0.39 is 9.84 Å². The third-order valence-electron chi connectivity index (χ3n) is 5.47. The smallest absolute Gasteiger partial charge is 0.222 e. The third-order valence-corrected chi connectivity index (χ3v) is 7.22. The van der Waals surface area contributed by atoms with Gasteiger partial charge >= 0.3 is 0 Å². The highest BCUT2D eigenvalue weighted by atomic mass is 32.2. The molecule has 0 bridgehead atoms. The number of hydrogen-bond acceptors (Lipinski definition) is 5. The molecule has 2 aromatic rings. The van der Waals surface area contributed by atoms with Crippen LogP contribution in [0.3, 0.4) is 0 Å². The van der Waals surface area contributed by atoms with Gasteiger partial charge in [0.15, 0.2) is 15.5 Å². The molecule has 0 saturated carbocycles. The topological polar surface area (TPSA) is 85.2 Å². The lowest BCUT2D eigenvalue weighted by Gasteiger charge is -2.23. The molecule has 1 aliphatic heterocycles. The molecular formula is C18H26N4O3S. The van der Waals surface area contributed by atoms with E-state index in [2.05, 4.69) is 17.0 Å². The summed E-state index contributed by atoms with van der Waals surface area (Å²) in [7, 11) is 0.598. The van der Waals surface area contributed by atoms with Crippen molar-refractivity contribution >= 4 is 26.8 Å². The molecule has 1 atom stereocenters. The SMILES string of the molecule is Cc1nc2c(c(C)nn2C)c(C)c1CCC(=O)N(C)[C@@H]1CCS(=O)(=O)C1. The zero-order valence-electron chi connectivity index (χ0n) is 16.0. The molecule has 7 nitrogen and oxygen atoms in total. The molecular weight excluding hydrogens is 352 g/mol. The van der Waals surface area contributed by atoms with Gasteiger partial charge in [-0.25, -0.2) is 13.4 Å². The van der Waals surface area contributed by atoms with Crippen LogP contribution in [0.1, 0.15) is 35.4 Å². The first-order valence-corrected chi connectivity index (χ1v) is 10.7. The maximum absolute atomic E-state index is 12.6. The van der Waals surface area contributed by atoms with Gasteiger partial charge in [-0.1, -0.05) is 0 Å². The fourth-order valence-electron chi connectivity index (χ4n) is 3.92. The number of carbonyl (C=O) groups excluding carboxylic acids is 1. The lowest BCUT2D eigenvalue weighted by atomic mass is 9.99. The minimum atomic E-state index is -2.99. The van der Waals surface area contributed by atoms with Crippen LogP contribution in [0.4, 0.5) is 0 Å². The molecule has 3 heterocycles. The summed E-state index contributed by atoms with van der Waals surface area (Å²) in [6, 6.07) is -0.198. The molecule has 26 heavy (non-hydrogen) atoms. The third kappa shape index (κ3) is 3.34. The Morgan fingerprint density at radius 2 is 1.96 bits per heavy atom. The van der Waals surface area contributed by atoms with Gasteiger partial charge in [0.25, 0.3) is 0 Å². The van der Waals surface area contributed by atoms with E-state index in [0.29, 0.717) is 19.3 Å². The highest BCUT2D eigenvalue weighted by Crippen LogP contribution is 2.26. The second-order valence-corrected chi connectivity index (χ2v) is 9.50. The molecule has 142 valence electrons. The number of hydrogen-bond donors (Lipinski definition) is 0. The highest BCUT2D eigenvalue weighted by molar-refractivity contribution is 7.91. The van der Waals surface area contributed by atoms with Crippen LogP contribution in [0.5, 0.6) is 0 Å². The number of amides is 1. The van der Waals surface area contributed by atoms with Crippen LogP contribution in [0.15, 0.2) is 0 Å². The minimum absolute atomic E-state index is 0.0195. The maximum Gasteiger partial charge on any atom is 0.222 e. The van der Waals surface area contributed by atoms with Crippen molar-refractivity contribution in [1.82, 2.24) is 19.7 Å². The van der Waals surface area contributed by atoms with Crippen LogP contribution < -0.4 is 0 Å². The summed E-state index contributed by atoms with van der Waals surface area (Å²) >= 11 is 0. The van der Waals surface area contributed by atoms with E-state index in [4.69, 9.17) is 0 Å². The van der Waals surface area contributed by atoms with Gasteiger partial charge in [0.2, 0.25) is 5.91 Å². The van der Waals surface area contributed by atoms with Crippen molar-refractivity contribution in [3.05, 3.63) is 22.5 Å². The van der Waals surface area contributed by atoms with Gasteiger partial charge in [0.05, 0.1) is 17.2 Å². The predicted molar refractivity (Wildman–Crippen MR) is 101 cm³/mol. The summed E-state index contributed by atoms with van der Waals surface area (Å²) in [5.41, 5.74) is 4.91. The van der Waals surface area contributed by atoms with E-state index in [-0.39, 0.29) is 23.5 Å². The van der Waals surface area contributed by atoms with Crippen LogP contribution in [0.25, 0.3) is 11.0 Å². The number of fused-ring (bicyclic) bond motifs is 1. The van der Waals surface area contributed by atoms with Crippen molar-refractivity contribution in [2.45, 2.75) is 46.1 Å². The van der Waals surface area contributed by atoms with E-state index in [1.54, 1.807) is 16.6 Å². The quantitative estimate of drug-likeness (QED) is 0.804. The number of rotatable bonds is 4. The number of carbonyl (C=O) groups is 1.